The maximum Gasteiger partial charge on any atom is 0.311 e. The van der Waals surface area contributed by atoms with Crippen molar-refractivity contribution in [2.45, 2.75) is 37.5 Å². The van der Waals surface area contributed by atoms with E-state index in [4.69, 9.17) is 16.3 Å². The Hall–Kier alpha value is -1.40. The van der Waals surface area contributed by atoms with E-state index in [0.29, 0.717) is 5.69 Å². The summed E-state index contributed by atoms with van der Waals surface area (Å²) in [5, 5.41) is 14.4. The Morgan fingerprint density at radius 3 is 2.94 bits per heavy atom. The summed E-state index contributed by atoms with van der Waals surface area (Å²) in [6.07, 6.45) is 5.99. The van der Waals surface area contributed by atoms with Gasteiger partial charge in [0.15, 0.2) is 0 Å². The first kappa shape index (κ1) is 11.7. The minimum atomic E-state index is -0.477. The van der Waals surface area contributed by atoms with Gasteiger partial charge in [0, 0.05) is 6.20 Å². The predicted molar refractivity (Wildman–Crippen MR) is 65.8 cm³/mol. The second-order valence-corrected chi connectivity index (χ2v) is 5.04. The third-order valence-electron chi connectivity index (χ3n) is 3.51. The minimum Gasteiger partial charge on any atom is -0.373 e. The van der Waals surface area contributed by atoms with Crippen molar-refractivity contribution in [1.82, 2.24) is 4.98 Å². The van der Waals surface area contributed by atoms with Gasteiger partial charge in [-0.1, -0.05) is 11.6 Å². The monoisotopic (exact) mass is 269 g/mol. The van der Waals surface area contributed by atoms with E-state index >= 15 is 0 Å². The van der Waals surface area contributed by atoms with Crippen molar-refractivity contribution >= 4 is 23.0 Å². The number of fused-ring (bicyclic) bond motifs is 2. The molecule has 3 heterocycles. The summed E-state index contributed by atoms with van der Waals surface area (Å²) < 4.78 is 5.71. The Labute approximate surface area is 108 Å². The standard InChI is InChI=1S/C11H12ClN3O3/c12-7-4-13-5-9(15(16)17)11(7)14-8-3-6-1-2-10(8)18-6/h4-6,8,10H,1-3H2,(H,13,14). The van der Waals surface area contributed by atoms with E-state index in [-0.39, 0.29) is 29.0 Å². The van der Waals surface area contributed by atoms with E-state index in [1.165, 1.54) is 12.4 Å². The molecule has 2 bridgehead atoms. The predicted octanol–water partition coefficient (Wildman–Crippen LogP) is 2.38. The first-order chi connectivity index (χ1) is 8.65. The lowest BCUT2D eigenvalue weighted by atomic mass is 9.95. The van der Waals surface area contributed by atoms with Crippen LogP contribution in [-0.2, 0) is 4.74 Å². The van der Waals surface area contributed by atoms with Crippen LogP contribution in [0.4, 0.5) is 11.4 Å². The van der Waals surface area contributed by atoms with Crippen LogP contribution in [0.25, 0.3) is 0 Å². The number of nitrogens with zero attached hydrogens (tertiary/aromatic N) is 2. The van der Waals surface area contributed by atoms with E-state index in [1.807, 2.05) is 0 Å². The number of anilines is 1. The smallest absolute Gasteiger partial charge is 0.311 e. The number of pyridine rings is 1. The molecule has 1 aromatic heterocycles. The van der Waals surface area contributed by atoms with Crippen molar-refractivity contribution < 1.29 is 9.66 Å². The maximum absolute atomic E-state index is 10.9. The Morgan fingerprint density at radius 1 is 1.50 bits per heavy atom. The van der Waals surface area contributed by atoms with Gasteiger partial charge in [0.1, 0.15) is 11.9 Å². The van der Waals surface area contributed by atoms with Gasteiger partial charge in [-0.3, -0.25) is 15.1 Å². The molecule has 3 unspecified atom stereocenters. The number of rotatable bonds is 3. The number of halogens is 1. The fourth-order valence-corrected chi connectivity index (χ4v) is 2.89. The van der Waals surface area contributed by atoms with Gasteiger partial charge in [0.2, 0.25) is 0 Å². The molecule has 0 saturated carbocycles. The van der Waals surface area contributed by atoms with Gasteiger partial charge >= 0.3 is 5.69 Å². The average Bonchev–Trinajstić information content (AvgIpc) is 2.93. The second-order valence-electron chi connectivity index (χ2n) is 4.63. The first-order valence-corrected chi connectivity index (χ1v) is 6.23. The SMILES string of the molecule is O=[N+]([O-])c1cncc(Cl)c1NC1CC2CCC1O2. The zero-order valence-electron chi connectivity index (χ0n) is 9.51. The summed E-state index contributed by atoms with van der Waals surface area (Å²) in [6.45, 7) is 0. The van der Waals surface area contributed by atoms with Crippen LogP contribution in [0, 0.1) is 10.1 Å². The van der Waals surface area contributed by atoms with Crippen LogP contribution in [0.3, 0.4) is 0 Å². The molecule has 0 amide bonds. The molecule has 1 N–H and O–H groups in total. The van der Waals surface area contributed by atoms with Crippen LogP contribution in [-0.4, -0.2) is 28.2 Å². The van der Waals surface area contributed by atoms with Gasteiger partial charge in [-0.2, -0.15) is 0 Å². The molecule has 18 heavy (non-hydrogen) atoms. The molecular weight excluding hydrogens is 258 g/mol. The fraction of sp³-hybridized carbons (Fsp3) is 0.545. The highest BCUT2D eigenvalue weighted by molar-refractivity contribution is 6.33. The molecule has 96 valence electrons. The quantitative estimate of drug-likeness (QED) is 0.673. The Balaban J connectivity index is 1.86. The summed E-state index contributed by atoms with van der Waals surface area (Å²) in [5.74, 6) is 0. The van der Waals surface area contributed by atoms with Crippen LogP contribution in [0.1, 0.15) is 19.3 Å². The topological polar surface area (TPSA) is 77.3 Å². The van der Waals surface area contributed by atoms with E-state index in [1.54, 1.807) is 0 Å². The summed E-state index contributed by atoms with van der Waals surface area (Å²) in [5.41, 5.74) is 0.253. The lowest BCUT2D eigenvalue weighted by Crippen LogP contribution is -2.30. The minimum absolute atomic E-state index is 0.0923. The normalized spacial score (nSPS) is 29.5. The highest BCUT2D eigenvalue weighted by Gasteiger charge is 2.41. The largest absolute Gasteiger partial charge is 0.373 e. The van der Waals surface area contributed by atoms with Gasteiger partial charge < -0.3 is 10.1 Å². The molecule has 2 aliphatic rings. The average molecular weight is 270 g/mol. The van der Waals surface area contributed by atoms with Crippen LogP contribution >= 0.6 is 11.6 Å². The molecule has 0 radical (unpaired) electrons. The van der Waals surface area contributed by atoms with Crippen molar-refractivity contribution in [3.05, 3.63) is 27.5 Å². The van der Waals surface area contributed by atoms with Gasteiger partial charge in [-0.15, -0.1) is 0 Å². The molecule has 7 heteroatoms. The maximum atomic E-state index is 10.9. The Morgan fingerprint density at radius 2 is 2.33 bits per heavy atom. The third-order valence-corrected chi connectivity index (χ3v) is 3.80. The molecule has 2 saturated heterocycles. The third kappa shape index (κ3) is 1.91. The molecule has 6 nitrogen and oxygen atoms in total. The summed E-state index contributed by atoms with van der Waals surface area (Å²) >= 11 is 5.98. The molecule has 0 aromatic carbocycles. The molecular formula is C11H12ClN3O3. The van der Waals surface area contributed by atoms with Gasteiger partial charge in [0.25, 0.3) is 0 Å². The van der Waals surface area contributed by atoms with Gasteiger partial charge in [-0.05, 0) is 19.3 Å². The number of hydrogen-bond donors (Lipinski definition) is 1. The molecule has 3 atom stereocenters. The van der Waals surface area contributed by atoms with E-state index < -0.39 is 4.92 Å². The van der Waals surface area contributed by atoms with Crippen molar-refractivity contribution in [3.63, 3.8) is 0 Å². The van der Waals surface area contributed by atoms with Gasteiger partial charge in [0.05, 0.1) is 28.2 Å². The zero-order valence-corrected chi connectivity index (χ0v) is 10.3. The van der Waals surface area contributed by atoms with Crippen molar-refractivity contribution in [2.24, 2.45) is 0 Å². The highest BCUT2D eigenvalue weighted by Crippen LogP contribution is 2.39. The van der Waals surface area contributed by atoms with Crippen LogP contribution in [0.5, 0.6) is 0 Å². The molecule has 0 aliphatic carbocycles. The van der Waals surface area contributed by atoms with Crippen molar-refractivity contribution in [1.29, 1.82) is 0 Å². The number of nitrogens with one attached hydrogen (secondary N) is 1. The van der Waals surface area contributed by atoms with Crippen LogP contribution in [0.2, 0.25) is 5.02 Å². The molecule has 3 rings (SSSR count). The molecule has 2 aliphatic heterocycles. The van der Waals surface area contributed by atoms with E-state index in [9.17, 15) is 10.1 Å². The van der Waals surface area contributed by atoms with Crippen LogP contribution < -0.4 is 5.32 Å². The Bertz CT molecular complexity index is 496. The number of nitro groups is 1. The zero-order chi connectivity index (χ0) is 12.7. The summed E-state index contributed by atoms with van der Waals surface area (Å²) in [6, 6.07) is 0.0994. The van der Waals surface area contributed by atoms with Gasteiger partial charge in [-0.25, -0.2) is 0 Å². The molecule has 0 spiro atoms. The summed E-state index contributed by atoms with van der Waals surface area (Å²) in [4.78, 5) is 14.2. The van der Waals surface area contributed by atoms with Crippen LogP contribution in [0.15, 0.2) is 12.4 Å². The first-order valence-electron chi connectivity index (χ1n) is 5.85. The number of ether oxygens (including phenoxy) is 1. The lowest BCUT2D eigenvalue weighted by molar-refractivity contribution is -0.384. The molecule has 2 fully saturated rings. The van der Waals surface area contributed by atoms with Crippen molar-refractivity contribution in [3.8, 4) is 0 Å². The summed E-state index contributed by atoms with van der Waals surface area (Å²) in [7, 11) is 0. The highest BCUT2D eigenvalue weighted by atomic mass is 35.5. The number of aromatic nitrogens is 1. The lowest BCUT2D eigenvalue weighted by Gasteiger charge is -2.21. The second kappa shape index (κ2) is 4.37. The number of hydrogen-bond acceptors (Lipinski definition) is 5. The van der Waals surface area contributed by atoms with Crippen molar-refractivity contribution in [2.75, 3.05) is 5.32 Å². The fourth-order valence-electron chi connectivity index (χ4n) is 2.68. The Kier molecular flexibility index (Phi) is 2.83. The molecule has 1 aromatic rings. The van der Waals surface area contributed by atoms with E-state index in [2.05, 4.69) is 10.3 Å². The van der Waals surface area contributed by atoms with E-state index in [0.717, 1.165) is 19.3 Å².